The van der Waals surface area contributed by atoms with Crippen LogP contribution < -0.4 is 10.5 Å². The first-order valence-corrected chi connectivity index (χ1v) is 7.73. The summed E-state index contributed by atoms with van der Waals surface area (Å²) in [7, 11) is 0. The number of rotatable bonds is 6. The van der Waals surface area contributed by atoms with E-state index in [2.05, 4.69) is 0 Å². The van der Waals surface area contributed by atoms with E-state index in [1.165, 1.54) is 25.7 Å². The van der Waals surface area contributed by atoms with Gasteiger partial charge in [0.15, 0.2) is 0 Å². The minimum absolute atomic E-state index is 0.0578. The van der Waals surface area contributed by atoms with Crippen LogP contribution in [-0.2, 0) is 0 Å². The summed E-state index contributed by atoms with van der Waals surface area (Å²) in [5.41, 5.74) is 8.11. The van der Waals surface area contributed by atoms with Gasteiger partial charge in [-0.15, -0.1) is 0 Å². The number of ether oxygens (including phenoxy) is 1. The van der Waals surface area contributed by atoms with E-state index in [4.69, 9.17) is 10.5 Å². The lowest BCUT2D eigenvalue weighted by Crippen LogP contribution is -2.21. The van der Waals surface area contributed by atoms with Gasteiger partial charge in [-0.05, 0) is 37.8 Å². The SMILES string of the molecule is Cc1ccc([C@H](C)N)c(OCC(O)CC2CCCC2)c1. The molecule has 0 spiro atoms. The van der Waals surface area contributed by atoms with Gasteiger partial charge >= 0.3 is 0 Å². The highest BCUT2D eigenvalue weighted by molar-refractivity contribution is 5.38. The van der Waals surface area contributed by atoms with Gasteiger partial charge < -0.3 is 15.6 Å². The monoisotopic (exact) mass is 277 g/mol. The van der Waals surface area contributed by atoms with Crippen LogP contribution in [-0.4, -0.2) is 17.8 Å². The standard InChI is InChI=1S/C17H27NO2/c1-12-7-8-16(13(2)18)17(9-12)20-11-15(19)10-14-5-3-4-6-14/h7-9,13-15,19H,3-6,10-11,18H2,1-2H3/t13-,15?/m0/s1. The van der Waals surface area contributed by atoms with Crippen LogP contribution in [0.2, 0.25) is 0 Å². The molecule has 1 unspecified atom stereocenters. The second kappa shape index (κ2) is 7.09. The van der Waals surface area contributed by atoms with Crippen LogP contribution in [0.1, 0.15) is 56.2 Å². The second-order valence-electron chi connectivity index (χ2n) is 6.18. The minimum atomic E-state index is -0.375. The summed E-state index contributed by atoms with van der Waals surface area (Å²) in [6, 6.07) is 6.00. The molecule has 2 atom stereocenters. The van der Waals surface area contributed by atoms with Crippen molar-refractivity contribution < 1.29 is 9.84 Å². The molecule has 0 heterocycles. The molecule has 2 rings (SSSR count). The zero-order valence-electron chi connectivity index (χ0n) is 12.6. The van der Waals surface area contributed by atoms with E-state index in [1.54, 1.807) is 0 Å². The van der Waals surface area contributed by atoms with Gasteiger partial charge in [-0.2, -0.15) is 0 Å². The van der Waals surface area contributed by atoms with Crippen LogP contribution in [0.15, 0.2) is 18.2 Å². The largest absolute Gasteiger partial charge is 0.491 e. The molecular formula is C17H27NO2. The van der Waals surface area contributed by atoms with Crippen LogP contribution in [0, 0.1) is 12.8 Å². The Bertz CT molecular complexity index is 425. The van der Waals surface area contributed by atoms with Crippen molar-refractivity contribution in [3.63, 3.8) is 0 Å². The smallest absolute Gasteiger partial charge is 0.124 e. The van der Waals surface area contributed by atoms with Gasteiger partial charge in [0.25, 0.3) is 0 Å². The highest BCUT2D eigenvalue weighted by Crippen LogP contribution is 2.29. The molecule has 0 aliphatic heterocycles. The van der Waals surface area contributed by atoms with Crippen molar-refractivity contribution >= 4 is 0 Å². The Kier molecular flexibility index (Phi) is 5.44. The maximum atomic E-state index is 10.1. The average molecular weight is 277 g/mol. The molecular weight excluding hydrogens is 250 g/mol. The molecule has 3 nitrogen and oxygen atoms in total. The molecule has 1 aromatic rings. The molecule has 1 aliphatic carbocycles. The van der Waals surface area contributed by atoms with Crippen LogP contribution in [0.25, 0.3) is 0 Å². The van der Waals surface area contributed by atoms with E-state index in [9.17, 15) is 5.11 Å². The van der Waals surface area contributed by atoms with Gasteiger partial charge in [-0.1, -0.05) is 37.8 Å². The molecule has 1 saturated carbocycles. The zero-order valence-corrected chi connectivity index (χ0v) is 12.6. The quantitative estimate of drug-likeness (QED) is 0.838. The molecule has 1 aromatic carbocycles. The summed E-state index contributed by atoms with van der Waals surface area (Å²) in [4.78, 5) is 0. The number of hydrogen-bond donors (Lipinski definition) is 2. The highest BCUT2D eigenvalue weighted by Gasteiger charge is 2.19. The van der Waals surface area contributed by atoms with Crippen LogP contribution >= 0.6 is 0 Å². The summed E-state index contributed by atoms with van der Waals surface area (Å²) in [6.45, 7) is 4.35. The summed E-state index contributed by atoms with van der Waals surface area (Å²) in [5, 5.41) is 10.1. The Balaban J connectivity index is 1.90. The van der Waals surface area contributed by atoms with Crippen LogP contribution in [0.5, 0.6) is 5.75 Å². The molecule has 0 radical (unpaired) electrons. The van der Waals surface area contributed by atoms with Gasteiger partial charge in [0.2, 0.25) is 0 Å². The first-order valence-electron chi connectivity index (χ1n) is 7.73. The summed E-state index contributed by atoms with van der Waals surface area (Å²) < 4.78 is 5.82. The van der Waals surface area contributed by atoms with Crippen LogP contribution in [0.4, 0.5) is 0 Å². The molecule has 20 heavy (non-hydrogen) atoms. The first-order chi connectivity index (χ1) is 9.56. The van der Waals surface area contributed by atoms with Crippen molar-refractivity contribution in [3.05, 3.63) is 29.3 Å². The molecule has 3 N–H and O–H groups in total. The van der Waals surface area contributed by atoms with E-state index >= 15 is 0 Å². The summed E-state index contributed by atoms with van der Waals surface area (Å²) in [6.07, 6.45) is 5.62. The Morgan fingerprint density at radius 1 is 1.35 bits per heavy atom. The predicted molar refractivity (Wildman–Crippen MR) is 81.9 cm³/mol. The number of nitrogens with two attached hydrogens (primary N) is 1. The van der Waals surface area contributed by atoms with Crippen LogP contribution in [0.3, 0.4) is 0 Å². The van der Waals surface area contributed by atoms with Crippen molar-refractivity contribution in [2.75, 3.05) is 6.61 Å². The first kappa shape index (κ1) is 15.3. The Morgan fingerprint density at radius 3 is 2.70 bits per heavy atom. The van der Waals surface area contributed by atoms with E-state index in [1.807, 2.05) is 32.0 Å². The predicted octanol–water partition coefficient (Wildman–Crippen LogP) is 3.33. The fourth-order valence-electron chi connectivity index (χ4n) is 3.03. The molecule has 0 saturated heterocycles. The lowest BCUT2D eigenvalue weighted by molar-refractivity contribution is 0.0849. The van der Waals surface area contributed by atoms with E-state index in [-0.39, 0.29) is 12.1 Å². The number of hydrogen-bond acceptors (Lipinski definition) is 3. The average Bonchev–Trinajstić information content (AvgIpc) is 2.89. The van der Waals surface area contributed by atoms with Crippen molar-refractivity contribution in [1.29, 1.82) is 0 Å². The van der Waals surface area contributed by atoms with Gasteiger partial charge in [0, 0.05) is 11.6 Å². The molecule has 0 aromatic heterocycles. The zero-order chi connectivity index (χ0) is 14.5. The maximum absolute atomic E-state index is 10.1. The number of benzene rings is 1. The lowest BCUT2D eigenvalue weighted by atomic mass is 10.0. The van der Waals surface area contributed by atoms with Gasteiger partial charge in [-0.3, -0.25) is 0 Å². The van der Waals surface area contributed by atoms with Gasteiger partial charge in [-0.25, -0.2) is 0 Å². The number of aryl methyl sites for hydroxylation is 1. The molecule has 0 bridgehead atoms. The van der Waals surface area contributed by atoms with E-state index < -0.39 is 0 Å². The topological polar surface area (TPSA) is 55.5 Å². The van der Waals surface area contributed by atoms with Crippen molar-refractivity contribution in [1.82, 2.24) is 0 Å². The Labute approximate surface area is 122 Å². The van der Waals surface area contributed by atoms with E-state index in [0.717, 1.165) is 23.3 Å². The molecule has 0 amide bonds. The number of aliphatic hydroxyl groups excluding tert-OH is 1. The molecule has 112 valence electrons. The molecule has 1 aliphatic rings. The van der Waals surface area contributed by atoms with Crippen molar-refractivity contribution in [2.45, 2.75) is 58.1 Å². The van der Waals surface area contributed by atoms with E-state index in [0.29, 0.717) is 12.5 Å². The van der Waals surface area contributed by atoms with Crippen molar-refractivity contribution in [2.24, 2.45) is 11.7 Å². The highest BCUT2D eigenvalue weighted by atomic mass is 16.5. The maximum Gasteiger partial charge on any atom is 0.124 e. The third-order valence-electron chi connectivity index (χ3n) is 4.17. The normalized spacial score (nSPS) is 19.0. The van der Waals surface area contributed by atoms with Gasteiger partial charge in [0.1, 0.15) is 12.4 Å². The van der Waals surface area contributed by atoms with Gasteiger partial charge in [0.05, 0.1) is 6.10 Å². The fraction of sp³-hybridized carbons (Fsp3) is 0.647. The Hall–Kier alpha value is -1.06. The third kappa shape index (κ3) is 4.22. The summed E-state index contributed by atoms with van der Waals surface area (Å²) >= 11 is 0. The van der Waals surface area contributed by atoms with Crippen molar-refractivity contribution in [3.8, 4) is 5.75 Å². The molecule has 3 heteroatoms. The lowest BCUT2D eigenvalue weighted by Gasteiger charge is -2.19. The third-order valence-corrected chi connectivity index (χ3v) is 4.17. The minimum Gasteiger partial charge on any atom is -0.491 e. The Morgan fingerprint density at radius 2 is 2.05 bits per heavy atom. The summed E-state index contributed by atoms with van der Waals surface area (Å²) in [5.74, 6) is 1.49. The number of aliphatic hydroxyl groups is 1. The fourth-order valence-corrected chi connectivity index (χ4v) is 3.03. The molecule has 1 fully saturated rings. The second-order valence-corrected chi connectivity index (χ2v) is 6.18.